The summed E-state index contributed by atoms with van der Waals surface area (Å²) in [6.45, 7) is 15.4. The summed E-state index contributed by atoms with van der Waals surface area (Å²) in [5, 5.41) is 20.6. The third kappa shape index (κ3) is 6.11. The smallest absolute Gasteiger partial charge is 0.303 e. The highest BCUT2D eigenvalue weighted by Gasteiger charge is 2.52. The van der Waals surface area contributed by atoms with Crippen LogP contribution in [-0.2, 0) is 14.3 Å². The van der Waals surface area contributed by atoms with E-state index in [1.807, 2.05) is 6.92 Å². The maximum Gasteiger partial charge on any atom is 0.303 e. The lowest BCUT2D eigenvalue weighted by atomic mass is 9.57. The van der Waals surface area contributed by atoms with Crippen LogP contribution in [0.5, 0.6) is 0 Å². The molecule has 3 aliphatic rings. The Morgan fingerprint density at radius 2 is 1.91 bits per heavy atom. The minimum Gasteiger partial charge on any atom is -0.458 e. The Morgan fingerprint density at radius 1 is 1.22 bits per heavy atom. The molecule has 2 aliphatic carbocycles. The number of aliphatic hydroxyl groups excluding tert-OH is 1. The van der Waals surface area contributed by atoms with Crippen molar-refractivity contribution in [3.63, 3.8) is 0 Å². The van der Waals surface area contributed by atoms with Crippen molar-refractivity contribution in [1.29, 1.82) is 0 Å². The van der Waals surface area contributed by atoms with E-state index >= 15 is 0 Å². The first-order valence-corrected chi connectivity index (χ1v) is 12.5. The summed E-state index contributed by atoms with van der Waals surface area (Å²) in [4.78, 5) is 16.5. The van der Waals surface area contributed by atoms with Crippen molar-refractivity contribution >= 4 is 5.97 Å². The predicted octanol–water partition coefficient (Wildman–Crippen LogP) is 1.92. The number of hydrogen-bond acceptors (Lipinski definition) is 7. The van der Waals surface area contributed by atoms with Gasteiger partial charge in [-0.2, -0.15) is 0 Å². The molecule has 0 aromatic carbocycles. The summed E-state index contributed by atoms with van der Waals surface area (Å²) in [5.41, 5.74) is 0.280. The van der Waals surface area contributed by atoms with Gasteiger partial charge in [0, 0.05) is 58.5 Å². The third-order valence-corrected chi connectivity index (χ3v) is 8.13. The third-order valence-electron chi connectivity index (χ3n) is 8.13. The van der Waals surface area contributed by atoms with E-state index in [1.54, 1.807) is 0 Å². The second kappa shape index (κ2) is 11.4. The van der Waals surface area contributed by atoms with Gasteiger partial charge in [-0.25, -0.2) is 0 Å². The molecule has 1 saturated carbocycles. The number of aliphatic hydroxyl groups is 2. The Morgan fingerprint density at radius 3 is 2.56 bits per heavy atom. The van der Waals surface area contributed by atoms with Gasteiger partial charge in [-0.05, 0) is 43.1 Å². The van der Waals surface area contributed by atoms with E-state index in [0.717, 1.165) is 57.7 Å². The molecule has 2 fully saturated rings. The largest absolute Gasteiger partial charge is 0.458 e. The first kappa shape index (κ1) is 25.6. The molecule has 7 heteroatoms. The topological polar surface area (TPSA) is 82.5 Å². The number of carbonyl (C=O) groups excluding carboxylic acids is 1. The van der Waals surface area contributed by atoms with E-state index < -0.39 is 5.60 Å². The van der Waals surface area contributed by atoms with Gasteiger partial charge in [0.05, 0.1) is 25.4 Å². The lowest BCUT2D eigenvalue weighted by Crippen LogP contribution is -2.56. The van der Waals surface area contributed by atoms with Gasteiger partial charge in [-0.1, -0.05) is 19.9 Å². The molecule has 7 nitrogen and oxygen atoms in total. The van der Waals surface area contributed by atoms with Crippen LogP contribution in [0.25, 0.3) is 0 Å². The molecule has 0 amide bonds. The highest BCUT2D eigenvalue weighted by Crippen LogP contribution is 2.51. The zero-order chi connectivity index (χ0) is 23.3. The van der Waals surface area contributed by atoms with E-state index in [2.05, 4.69) is 29.7 Å². The monoisotopic (exact) mass is 452 g/mol. The maximum atomic E-state index is 11.8. The van der Waals surface area contributed by atoms with Gasteiger partial charge >= 0.3 is 5.97 Å². The van der Waals surface area contributed by atoms with E-state index in [4.69, 9.17) is 14.6 Å². The van der Waals surface area contributed by atoms with Crippen LogP contribution in [0.4, 0.5) is 0 Å². The van der Waals surface area contributed by atoms with E-state index in [0.29, 0.717) is 31.5 Å². The molecule has 1 saturated heterocycles. The van der Waals surface area contributed by atoms with Crippen LogP contribution in [0.2, 0.25) is 0 Å². The number of nitrogens with zero attached hydrogens (tertiary/aromatic N) is 2. The first-order chi connectivity index (χ1) is 15.2. The van der Waals surface area contributed by atoms with Gasteiger partial charge in [-0.3, -0.25) is 9.69 Å². The molecule has 184 valence electrons. The van der Waals surface area contributed by atoms with Gasteiger partial charge in [0.15, 0.2) is 0 Å². The van der Waals surface area contributed by atoms with Crippen molar-refractivity contribution in [3.8, 4) is 0 Å². The number of fused-ring (bicyclic) bond motifs is 1. The Bertz CT molecular complexity index is 648. The molecular weight excluding hydrogens is 408 g/mol. The van der Waals surface area contributed by atoms with E-state index in [9.17, 15) is 9.90 Å². The lowest BCUT2D eigenvalue weighted by molar-refractivity contribution is -0.159. The van der Waals surface area contributed by atoms with Gasteiger partial charge in [-0.15, -0.1) is 0 Å². The lowest BCUT2D eigenvalue weighted by Gasteiger charge is -2.53. The van der Waals surface area contributed by atoms with Gasteiger partial charge in [0.25, 0.3) is 0 Å². The van der Waals surface area contributed by atoms with E-state index in [-0.39, 0.29) is 30.5 Å². The molecule has 1 heterocycles. The highest BCUT2D eigenvalue weighted by atomic mass is 16.5. The van der Waals surface area contributed by atoms with Crippen LogP contribution in [0.15, 0.2) is 11.6 Å². The maximum absolute atomic E-state index is 11.8. The molecule has 1 aliphatic heterocycles. The van der Waals surface area contributed by atoms with Gasteiger partial charge < -0.3 is 24.6 Å². The van der Waals surface area contributed by atoms with Crippen LogP contribution in [-0.4, -0.2) is 96.8 Å². The molecule has 2 N–H and O–H groups in total. The predicted molar refractivity (Wildman–Crippen MR) is 124 cm³/mol. The summed E-state index contributed by atoms with van der Waals surface area (Å²) in [5.74, 6) is 0.979. The molecule has 1 unspecified atom stereocenters. The summed E-state index contributed by atoms with van der Waals surface area (Å²) >= 11 is 0. The standard InChI is InChI=1S/C25H44N2O5/c1-18-15-23-22(6-5-20(3)25(23,30)16-24(18)32-21(4)29)19(2)17-27-9-7-26(8-10-27)11-13-31-14-12-28/h15,19-20,22-24,28,30H,5-14,16-17H2,1-4H3/t19?,20-,22+,23-,24-,25-/m1/s1. The molecule has 0 radical (unpaired) electrons. The highest BCUT2D eigenvalue weighted by molar-refractivity contribution is 5.66. The SMILES string of the molecule is CC(=O)O[C@@H]1C[C@@]2(O)[C@H](C)CC[C@@H](C(C)CN3CCN(CCOCCO)CC3)[C@H]2C=C1C. The number of piperazine rings is 1. The number of ether oxygens (including phenoxy) is 2. The summed E-state index contributed by atoms with van der Waals surface area (Å²) in [6, 6.07) is 0. The van der Waals surface area contributed by atoms with E-state index in [1.165, 1.54) is 6.92 Å². The van der Waals surface area contributed by atoms with Crippen LogP contribution < -0.4 is 0 Å². The second-order valence-corrected chi connectivity index (χ2v) is 10.3. The fourth-order valence-corrected chi connectivity index (χ4v) is 6.10. The molecule has 0 aromatic heterocycles. The average Bonchev–Trinajstić information content (AvgIpc) is 2.74. The number of hydrogen-bond donors (Lipinski definition) is 2. The average molecular weight is 453 g/mol. The molecular formula is C25H44N2O5. The van der Waals surface area contributed by atoms with Crippen LogP contribution in [0, 0.1) is 23.7 Å². The van der Waals surface area contributed by atoms with Crippen molar-refractivity contribution < 1.29 is 24.5 Å². The van der Waals surface area contributed by atoms with Crippen LogP contribution in [0.3, 0.4) is 0 Å². The van der Waals surface area contributed by atoms with Gasteiger partial charge in [0.1, 0.15) is 6.10 Å². The molecule has 0 bridgehead atoms. The summed E-state index contributed by atoms with van der Waals surface area (Å²) < 4.78 is 10.9. The van der Waals surface area contributed by atoms with Crippen molar-refractivity contribution in [2.75, 3.05) is 59.1 Å². The van der Waals surface area contributed by atoms with Crippen LogP contribution >= 0.6 is 0 Å². The van der Waals surface area contributed by atoms with Crippen molar-refractivity contribution in [2.24, 2.45) is 23.7 Å². The fourth-order valence-electron chi connectivity index (χ4n) is 6.10. The second-order valence-electron chi connectivity index (χ2n) is 10.3. The Labute approximate surface area is 193 Å². The minimum absolute atomic E-state index is 0.0842. The first-order valence-electron chi connectivity index (χ1n) is 12.5. The Kier molecular flexibility index (Phi) is 9.15. The van der Waals surface area contributed by atoms with Crippen molar-refractivity contribution in [3.05, 3.63) is 11.6 Å². The Balaban J connectivity index is 1.57. The number of carbonyl (C=O) groups is 1. The zero-order valence-electron chi connectivity index (χ0n) is 20.5. The molecule has 0 aromatic rings. The quantitative estimate of drug-likeness (QED) is 0.314. The Hall–Kier alpha value is -0.990. The molecule has 32 heavy (non-hydrogen) atoms. The molecule has 3 rings (SSSR count). The van der Waals surface area contributed by atoms with Gasteiger partial charge in [0.2, 0.25) is 0 Å². The minimum atomic E-state index is -0.802. The molecule has 6 atom stereocenters. The normalized spacial score (nSPS) is 35.1. The molecule has 0 spiro atoms. The summed E-state index contributed by atoms with van der Waals surface area (Å²) in [6.07, 6.45) is 4.59. The van der Waals surface area contributed by atoms with Crippen molar-refractivity contribution in [2.45, 2.75) is 58.7 Å². The van der Waals surface area contributed by atoms with Crippen molar-refractivity contribution in [1.82, 2.24) is 9.80 Å². The number of esters is 1. The van der Waals surface area contributed by atoms with Crippen LogP contribution in [0.1, 0.15) is 47.0 Å². The zero-order valence-corrected chi connectivity index (χ0v) is 20.5. The summed E-state index contributed by atoms with van der Waals surface area (Å²) in [7, 11) is 0. The fraction of sp³-hybridized carbons (Fsp3) is 0.880. The number of rotatable bonds is 9.